The van der Waals surface area contributed by atoms with E-state index < -0.39 is 21.9 Å². The number of carbonyl (C=O) groups is 2. The fourth-order valence-corrected chi connectivity index (χ4v) is 2.70. The van der Waals surface area contributed by atoms with E-state index in [1.165, 1.54) is 48.5 Å². The summed E-state index contributed by atoms with van der Waals surface area (Å²) in [6.45, 7) is 2.44. The number of nitro groups is 2. The van der Waals surface area contributed by atoms with Crippen molar-refractivity contribution < 1.29 is 33.6 Å². The molecular weight excluding hydrogens is 492 g/mol. The van der Waals surface area contributed by atoms with Gasteiger partial charge in [-0.1, -0.05) is 0 Å². The number of nitrogens with one attached hydrogen (secondary N) is 4. The van der Waals surface area contributed by atoms with Crippen molar-refractivity contribution in [3.05, 3.63) is 68.8 Å². The molecule has 0 unspecified atom stereocenters. The molecule has 0 aliphatic heterocycles. The summed E-state index contributed by atoms with van der Waals surface area (Å²) in [5.41, 5.74) is 0.739. The van der Waals surface area contributed by atoms with Crippen LogP contribution in [0.3, 0.4) is 0 Å². The van der Waals surface area contributed by atoms with Crippen LogP contribution in [-0.2, 0) is 14.2 Å². The normalized spacial score (nSPS) is 10.4. The van der Waals surface area contributed by atoms with E-state index in [2.05, 4.69) is 21.3 Å². The maximum absolute atomic E-state index is 11.8. The summed E-state index contributed by atoms with van der Waals surface area (Å²) in [6, 6.07) is 10.0. The van der Waals surface area contributed by atoms with Crippen molar-refractivity contribution >= 4 is 34.8 Å². The van der Waals surface area contributed by atoms with Gasteiger partial charge in [0.05, 0.1) is 49.5 Å². The first kappa shape index (κ1) is 28.9. The number of urea groups is 2. The fraction of sp³-hybridized carbons (Fsp3) is 0.364. The number of rotatable bonds is 16. The molecule has 4 amide bonds. The van der Waals surface area contributed by atoms with Crippen LogP contribution >= 0.6 is 0 Å². The van der Waals surface area contributed by atoms with E-state index >= 15 is 0 Å². The van der Waals surface area contributed by atoms with Gasteiger partial charge in [-0.25, -0.2) is 9.59 Å². The third-order valence-corrected chi connectivity index (χ3v) is 4.48. The van der Waals surface area contributed by atoms with E-state index in [4.69, 9.17) is 14.2 Å². The monoisotopic (exact) mass is 520 g/mol. The van der Waals surface area contributed by atoms with Gasteiger partial charge in [-0.05, 0) is 24.3 Å². The molecule has 0 radical (unpaired) electrons. The zero-order chi connectivity index (χ0) is 26.9. The Kier molecular flexibility index (Phi) is 12.8. The van der Waals surface area contributed by atoms with Gasteiger partial charge in [-0.2, -0.15) is 0 Å². The third-order valence-electron chi connectivity index (χ3n) is 4.48. The number of nitrogens with zero attached hydrogens (tertiary/aromatic N) is 2. The zero-order valence-electron chi connectivity index (χ0n) is 19.8. The predicted molar refractivity (Wildman–Crippen MR) is 133 cm³/mol. The average Bonchev–Trinajstić information content (AvgIpc) is 2.87. The summed E-state index contributed by atoms with van der Waals surface area (Å²) in [6.07, 6.45) is 0. The molecule has 2 aromatic rings. The molecule has 0 aromatic heterocycles. The van der Waals surface area contributed by atoms with Gasteiger partial charge in [0, 0.05) is 48.7 Å². The molecule has 0 heterocycles. The highest BCUT2D eigenvalue weighted by atomic mass is 16.6. The van der Waals surface area contributed by atoms with Crippen LogP contribution in [0.15, 0.2) is 48.5 Å². The molecule has 0 bridgehead atoms. The lowest BCUT2D eigenvalue weighted by Gasteiger charge is -2.09. The number of hydrogen-bond acceptors (Lipinski definition) is 9. The number of anilines is 2. The van der Waals surface area contributed by atoms with E-state index in [-0.39, 0.29) is 37.7 Å². The van der Waals surface area contributed by atoms with Crippen LogP contribution < -0.4 is 21.3 Å². The predicted octanol–water partition coefficient (Wildman–Crippen LogP) is 2.50. The minimum Gasteiger partial charge on any atom is -0.377 e. The fourth-order valence-electron chi connectivity index (χ4n) is 2.70. The third kappa shape index (κ3) is 12.3. The van der Waals surface area contributed by atoms with Gasteiger partial charge in [-0.3, -0.25) is 20.2 Å². The van der Waals surface area contributed by atoms with Gasteiger partial charge in [0.25, 0.3) is 11.4 Å². The second-order valence-corrected chi connectivity index (χ2v) is 7.21. The van der Waals surface area contributed by atoms with Crippen LogP contribution in [0.2, 0.25) is 0 Å². The molecule has 200 valence electrons. The van der Waals surface area contributed by atoms with Gasteiger partial charge < -0.3 is 35.5 Å². The standard InChI is InChI=1S/C22H28N6O9/c29-21(25-17-1-5-19(6-2-17)27(31)32)23-9-11-35-13-15-37-16-14-36-12-10-24-22(30)26-18-3-7-20(8-4-18)28(33)34/h1-8H,9-16H2,(H2,23,25,29)(H2,24,26,30). The quantitative estimate of drug-likeness (QED) is 0.146. The van der Waals surface area contributed by atoms with Crippen LogP contribution in [0, 0.1) is 20.2 Å². The molecule has 4 N–H and O–H groups in total. The molecule has 2 aromatic carbocycles. The summed E-state index contributed by atoms with van der Waals surface area (Å²) in [5, 5.41) is 31.5. The van der Waals surface area contributed by atoms with Crippen molar-refractivity contribution in [3.63, 3.8) is 0 Å². The Hall–Kier alpha value is -4.34. The van der Waals surface area contributed by atoms with E-state index in [0.717, 1.165) is 0 Å². The van der Waals surface area contributed by atoms with Crippen molar-refractivity contribution in [1.29, 1.82) is 0 Å². The number of nitro benzene ring substituents is 2. The van der Waals surface area contributed by atoms with E-state index in [0.29, 0.717) is 37.8 Å². The van der Waals surface area contributed by atoms with Gasteiger partial charge >= 0.3 is 12.1 Å². The first-order valence-electron chi connectivity index (χ1n) is 11.2. The molecule has 2 rings (SSSR count). The van der Waals surface area contributed by atoms with Crippen LogP contribution in [-0.4, -0.2) is 74.6 Å². The van der Waals surface area contributed by atoms with Crippen molar-refractivity contribution in [2.24, 2.45) is 0 Å². The Morgan fingerprint density at radius 2 is 0.919 bits per heavy atom. The maximum atomic E-state index is 11.8. The van der Waals surface area contributed by atoms with E-state index in [1.807, 2.05) is 0 Å². The van der Waals surface area contributed by atoms with Crippen molar-refractivity contribution in [2.45, 2.75) is 0 Å². The Labute approximate surface area is 211 Å². The molecule has 0 aliphatic carbocycles. The Bertz CT molecular complexity index is 937. The number of carbonyl (C=O) groups excluding carboxylic acids is 2. The molecule has 0 saturated carbocycles. The number of non-ortho nitro benzene ring substituents is 2. The molecule has 0 saturated heterocycles. The highest BCUT2D eigenvalue weighted by Gasteiger charge is 2.07. The van der Waals surface area contributed by atoms with Crippen LogP contribution in [0.4, 0.5) is 32.3 Å². The van der Waals surface area contributed by atoms with Crippen LogP contribution in [0.25, 0.3) is 0 Å². The maximum Gasteiger partial charge on any atom is 0.319 e. The second-order valence-electron chi connectivity index (χ2n) is 7.21. The topological polar surface area (TPSA) is 196 Å². The average molecular weight is 520 g/mol. The van der Waals surface area contributed by atoms with Crippen molar-refractivity contribution in [2.75, 3.05) is 63.4 Å². The molecule has 0 spiro atoms. The Morgan fingerprint density at radius 1 is 0.595 bits per heavy atom. The van der Waals surface area contributed by atoms with Crippen LogP contribution in [0.1, 0.15) is 0 Å². The number of benzene rings is 2. The Balaban J connectivity index is 1.37. The van der Waals surface area contributed by atoms with Crippen molar-refractivity contribution in [1.82, 2.24) is 10.6 Å². The zero-order valence-corrected chi connectivity index (χ0v) is 19.8. The summed E-state index contributed by atoms with van der Waals surface area (Å²) in [5.74, 6) is 0. The van der Waals surface area contributed by atoms with E-state index in [9.17, 15) is 29.8 Å². The lowest BCUT2D eigenvalue weighted by atomic mass is 10.3. The molecule has 15 heteroatoms. The van der Waals surface area contributed by atoms with Gasteiger partial charge in [0.1, 0.15) is 0 Å². The van der Waals surface area contributed by atoms with Crippen LogP contribution in [0.5, 0.6) is 0 Å². The molecule has 0 atom stereocenters. The highest BCUT2D eigenvalue weighted by Crippen LogP contribution is 2.16. The Morgan fingerprint density at radius 3 is 1.24 bits per heavy atom. The largest absolute Gasteiger partial charge is 0.377 e. The first-order valence-corrected chi connectivity index (χ1v) is 11.2. The minimum absolute atomic E-state index is 0.0621. The van der Waals surface area contributed by atoms with Gasteiger partial charge in [0.2, 0.25) is 0 Å². The summed E-state index contributed by atoms with van der Waals surface area (Å²) >= 11 is 0. The molecule has 0 fully saturated rings. The SMILES string of the molecule is O=C(NCCOCCOCCOCCNC(=O)Nc1ccc([N+](=O)[O-])cc1)Nc1ccc([N+](=O)[O-])cc1. The minimum atomic E-state index is -0.520. The van der Waals surface area contributed by atoms with E-state index in [1.54, 1.807) is 0 Å². The molecule has 0 aliphatic rings. The molecular formula is C22H28N6O9. The first-order chi connectivity index (χ1) is 17.8. The summed E-state index contributed by atoms with van der Waals surface area (Å²) in [4.78, 5) is 43.7. The van der Waals surface area contributed by atoms with Crippen molar-refractivity contribution in [3.8, 4) is 0 Å². The number of ether oxygens (including phenoxy) is 3. The summed E-state index contributed by atoms with van der Waals surface area (Å²) in [7, 11) is 0. The number of amides is 4. The molecule has 15 nitrogen and oxygen atoms in total. The molecule has 37 heavy (non-hydrogen) atoms. The smallest absolute Gasteiger partial charge is 0.319 e. The summed E-state index contributed by atoms with van der Waals surface area (Å²) < 4.78 is 16.0. The number of hydrogen-bond donors (Lipinski definition) is 4. The lowest BCUT2D eigenvalue weighted by Crippen LogP contribution is -2.32. The van der Waals surface area contributed by atoms with Gasteiger partial charge in [-0.15, -0.1) is 0 Å². The second kappa shape index (κ2) is 16.4. The van der Waals surface area contributed by atoms with Gasteiger partial charge in [0.15, 0.2) is 0 Å². The highest BCUT2D eigenvalue weighted by molar-refractivity contribution is 5.89. The lowest BCUT2D eigenvalue weighted by molar-refractivity contribution is -0.385.